The standard InChI is InChI=1S/C14H19N/c1-4-13-12(10-15(2)3)9-11-7-5-6-8-14(11)13/h4-8,12H,9-10H2,1-3H3/b13-4-. The van der Waals surface area contributed by atoms with E-state index in [1.165, 1.54) is 23.1 Å². The molecule has 0 heterocycles. The molecule has 2 rings (SSSR count). The number of benzene rings is 1. The Labute approximate surface area is 92.4 Å². The zero-order valence-electron chi connectivity index (χ0n) is 9.83. The topological polar surface area (TPSA) is 3.24 Å². The molecule has 1 heteroatoms. The maximum atomic E-state index is 2.28. The van der Waals surface area contributed by atoms with Gasteiger partial charge in [0.25, 0.3) is 0 Å². The second-order valence-electron chi connectivity index (χ2n) is 4.56. The first-order valence-electron chi connectivity index (χ1n) is 5.61. The molecule has 1 aliphatic rings. The molecule has 15 heavy (non-hydrogen) atoms. The van der Waals surface area contributed by atoms with Crippen molar-refractivity contribution in [3.8, 4) is 0 Å². The third-order valence-corrected chi connectivity index (χ3v) is 3.13. The van der Waals surface area contributed by atoms with Crippen molar-refractivity contribution in [2.24, 2.45) is 5.92 Å². The molecular weight excluding hydrogens is 182 g/mol. The summed E-state index contributed by atoms with van der Waals surface area (Å²) in [5, 5.41) is 0. The molecule has 0 saturated carbocycles. The Hall–Kier alpha value is -1.08. The monoisotopic (exact) mass is 201 g/mol. The first-order valence-corrected chi connectivity index (χ1v) is 5.61. The summed E-state index contributed by atoms with van der Waals surface area (Å²) in [6.45, 7) is 3.30. The van der Waals surface area contributed by atoms with Crippen molar-refractivity contribution in [2.45, 2.75) is 13.3 Å². The molecule has 0 saturated heterocycles. The van der Waals surface area contributed by atoms with Gasteiger partial charge in [0, 0.05) is 12.5 Å². The van der Waals surface area contributed by atoms with Crippen LogP contribution in [0.5, 0.6) is 0 Å². The van der Waals surface area contributed by atoms with Gasteiger partial charge in [0.15, 0.2) is 0 Å². The molecular formula is C14H19N. The minimum Gasteiger partial charge on any atom is -0.309 e. The van der Waals surface area contributed by atoms with E-state index in [4.69, 9.17) is 0 Å². The van der Waals surface area contributed by atoms with Crippen LogP contribution in [0.2, 0.25) is 0 Å². The molecule has 1 atom stereocenters. The van der Waals surface area contributed by atoms with Crippen molar-refractivity contribution in [3.05, 3.63) is 41.5 Å². The van der Waals surface area contributed by atoms with Crippen LogP contribution in [-0.4, -0.2) is 25.5 Å². The molecule has 80 valence electrons. The van der Waals surface area contributed by atoms with Crippen LogP contribution in [-0.2, 0) is 6.42 Å². The maximum absolute atomic E-state index is 2.28. The minimum atomic E-state index is 0.683. The van der Waals surface area contributed by atoms with Gasteiger partial charge in [0.05, 0.1) is 0 Å². The van der Waals surface area contributed by atoms with Crippen LogP contribution in [0.25, 0.3) is 5.57 Å². The lowest BCUT2D eigenvalue weighted by Gasteiger charge is -2.17. The number of rotatable bonds is 2. The van der Waals surface area contributed by atoms with Gasteiger partial charge in [0.2, 0.25) is 0 Å². The van der Waals surface area contributed by atoms with Gasteiger partial charge < -0.3 is 4.90 Å². The number of hydrogen-bond donors (Lipinski definition) is 0. The van der Waals surface area contributed by atoms with Gasteiger partial charge in [-0.1, -0.05) is 30.3 Å². The zero-order chi connectivity index (χ0) is 10.8. The van der Waals surface area contributed by atoms with Gasteiger partial charge in [-0.3, -0.25) is 0 Å². The van der Waals surface area contributed by atoms with E-state index >= 15 is 0 Å². The maximum Gasteiger partial charge on any atom is 0.00475 e. The highest BCUT2D eigenvalue weighted by Gasteiger charge is 2.25. The van der Waals surface area contributed by atoms with Crippen molar-refractivity contribution in [2.75, 3.05) is 20.6 Å². The molecule has 0 amide bonds. The second kappa shape index (κ2) is 4.19. The summed E-state index contributed by atoms with van der Waals surface area (Å²) in [7, 11) is 4.30. The van der Waals surface area contributed by atoms with E-state index in [0.717, 1.165) is 6.54 Å². The average Bonchev–Trinajstić information content (AvgIpc) is 2.53. The second-order valence-corrected chi connectivity index (χ2v) is 4.56. The fraction of sp³-hybridized carbons (Fsp3) is 0.429. The summed E-state index contributed by atoms with van der Waals surface area (Å²) >= 11 is 0. The molecule has 0 aliphatic heterocycles. The fourth-order valence-electron chi connectivity index (χ4n) is 2.57. The smallest absolute Gasteiger partial charge is 0.00475 e. The molecule has 0 spiro atoms. The van der Waals surface area contributed by atoms with Crippen molar-refractivity contribution >= 4 is 5.57 Å². The van der Waals surface area contributed by atoms with Gasteiger partial charge in [0.1, 0.15) is 0 Å². The molecule has 1 unspecified atom stereocenters. The van der Waals surface area contributed by atoms with Gasteiger partial charge in [-0.25, -0.2) is 0 Å². The van der Waals surface area contributed by atoms with Gasteiger partial charge in [-0.15, -0.1) is 0 Å². The average molecular weight is 201 g/mol. The number of allylic oxidation sites excluding steroid dienone is 1. The molecule has 0 aromatic heterocycles. The Morgan fingerprint density at radius 2 is 2.07 bits per heavy atom. The molecule has 0 N–H and O–H groups in total. The minimum absolute atomic E-state index is 0.683. The molecule has 1 aromatic rings. The Bertz CT molecular complexity index is 377. The highest BCUT2D eigenvalue weighted by Crippen LogP contribution is 2.36. The third kappa shape index (κ3) is 1.98. The first kappa shape index (κ1) is 10.4. The van der Waals surface area contributed by atoms with Crippen LogP contribution >= 0.6 is 0 Å². The Balaban J connectivity index is 2.29. The first-order chi connectivity index (χ1) is 7.22. The quantitative estimate of drug-likeness (QED) is 0.711. The number of fused-ring (bicyclic) bond motifs is 1. The summed E-state index contributed by atoms with van der Waals surface area (Å²) in [6.07, 6.45) is 3.48. The molecule has 1 aromatic carbocycles. The van der Waals surface area contributed by atoms with Gasteiger partial charge in [-0.05, 0) is 44.1 Å². The molecule has 0 radical (unpaired) electrons. The summed E-state index contributed by atoms with van der Waals surface area (Å²) in [4.78, 5) is 2.28. The number of hydrogen-bond acceptors (Lipinski definition) is 1. The van der Waals surface area contributed by atoms with Crippen LogP contribution in [0, 0.1) is 5.92 Å². The highest BCUT2D eigenvalue weighted by atomic mass is 15.1. The Morgan fingerprint density at radius 1 is 1.33 bits per heavy atom. The summed E-state index contributed by atoms with van der Waals surface area (Å²) in [5.74, 6) is 0.683. The highest BCUT2D eigenvalue weighted by molar-refractivity contribution is 5.74. The zero-order valence-corrected chi connectivity index (χ0v) is 9.83. The van der Waals surface area contributed by atoms with E-state index in [9.17, 15) is 0 Å². The van der Waals surface area contributed by atoms with Crippen molar-refractivity contribution in [3.63, 3.8) is 0 Å². The van der Waals surface area contributed by atoms with E-state index in [2.05, 4.69) is 56.3 Å². The lowest BCUT2D eigenvalue weighted by molar-refractivity contribution is 0.367. The molecule has 0 bridgehead atoms. The van der Waals surface area contributed by atoms with Crippen LogP contribution in [0.4, 0.5) is 0 Å². The lowest BCUT2D eigenvalue weighted by atomic mass is 9.99. The molecule has 1 nitrogen and oxygen atoms in total. The van der Waals surface area contributed by atoms with E-state index in [-0.39, 0.29) is 0 Å². The van der Waals surface area contributed by atoms with Gasteiger partial charge >= 0.3 is 0 Å². The third-order valence-electron chi connectivity index (χ3n) is 3.13. The summed E-state index contributed by atoms with van der Waals surface area (Å²) in [6, 6.07) is 8.79. The van der Waals surface area contributed by atoms with E-state index < -0.39 is 0 Å². The van der Waals surface area contributed by atoms with Crippen molar-refractivity contribution < 1.29 is 0 Å². The van der Waals surface area contributed by atoms with Gasteiger partial charge in [-0.2, -0.15) is 0 Å². The molecule has 1 aliphatic carbocycles. The Kier molecular flexibility index (Phi) is 2.92. The molecule has 0 fully saturated rings. The van der Waals surface area contributed by atoms with Crippen molar-refractivity contribution in [1.29, 1.82) is 0 Å². The van der Waals surface area contributed by atoms with Crippen LogP contribution < -0.4 is 0 Å². The van der Waals surface area contributed by atoms with Crippen LogP contribution in [0.1, 0.15) is 18.1 Å². The summed E-state index contributed by atoms with van der Waals surface area (Å²) in [5.41, 5.74) is 4.50. The Morgan fingerprint density at radius 3 is 2.73 bits per heavy atom. The van der Waals surface area contributed by atoms with Crippen LogP contribution in [0.15, 0.2) is 30.3 Å². The fourth-order valence-corrected chi connectivity index (χ4v) is 2.57. The predicted molar refractivity (Wildman–Crippen MR) is 65.8 cm³/mol. The normalized spacial score (nSPS) is 22.4. The van der Waals surface area contributed by atoms with E-state index in [0.29, 0.717) is 5.92 Å². The van der Waals surface area contributed by atoms with E-state index in [1.807, 2.05) is 0 Å². The largest absolute Gasteiger partial charge is 0.309 e. The SMILES string of the molecule is C/C=C1\c2ccccc2CC1CN(C)C. The lowest BCUT2D eigenvalue weighted by Crippen LogP contribution is -2.21. The van der Waals surface area contributed by atoms with Crippen LogP contribution in [0.3, 0.4) is 0 Å². The van der Waals surface area contributed by atoms with Crippen molar-refractivity contribution in [1.82, 2.24) is 4.90 Å². The predicted octanol–water partition coefficient (Wildman–Crippen LogP) is 2.82. The number of nitrogens with zero attached hydrogens (tertiary/aromatic N) is 1. The summed E-state index contributed by atoms with van der Waals surface area (Å²) < 4.78 is 0. The van der Waals surface area contributed by atoms with E-state index in [1.54, 1.807) is 0 Å².